The molecule has 0 bridgehead atoms. The van der Waals surface area contributed by atoms with E-state index in [2.05, 4.69) is 26.1 Å². The van der Waals surface area contributed by atoms with Gasteiger partial charge in [0.1, 0.15) is 0 Å². The molecule has 0 aromatic heterocycles. The highest BCUT2D eigenvalue weighted by Gasteiger charge is 2.18. The van der Waals surface area contributed by atoms with Gasteiger partial charge >= 0.3 is 0 Å². The molecule has 1 saturated carbocycles. The van der Waals surface area contributed by atoms with Crippen molar-refractivity contribution in [2.45, 2.75) is 64.5 Å². The Balaban J connectivity index is 0.000000671. The Morgan fingerprint density at radius 2 is 1.46 bits per heavy atom. The summed E-state index contributed by atoms with van der Waals surface area (Å²) < 4.78 is 0. The summed E-state index contributed by atoms with van der Waals surface area (Å²) in [5.41, 5.74) is 0.308. The lowest BCUT2D eigenvalue weighted by molar-refractivity contribution is 0.295. The van der Waals surface area contributed by atoms with Crippen LogP contribution in [0.2, 0.25) is 0 Å². The van der Waals surface area contributed by atoms with Gasteiger partial charge in [-0.15, -0.1) is 0 Å². The van der Waals surface area contributed by atoms with Crippen LogP contribution in [0.5, 0.6) is 0 Å². The van der Waals surface area contributed by atoms with Crippen molar-refractivity contribution in [1.29, 1.82) is 0 Å². The molecule has 1 rings (SSSR count). The molecule has 80 valence electrons. The minimum atomic E-state index is 0.308. The summed E-state index contributed by atoms with van der Waals surface area (Å²) in [5, 5.41) is 3.66. The summed E-state index contributed by atoms with van der Waals surface area (Å²) in [6.45, 7) is 6.75. The van der Waals surface area contributed by atoms with Crippen molar-refractivity contribution < 1.29 is 0 Å². The third-order valence-corrected chi connectivity index (χ3v) is 2.24. The summed E-state index contributed by atoms with van der Waals surface area (Å²) in [5.74, 6) is 0. The minimum absolute atomic E-state index is 0.308. The van der Waals surface area contributed by atoms with E-state index in [-0.39, 0.29) is 0 Å². The third-order valence-electron chi connectivity index (χ3n) is 2.24. The highest BCUT2D eigenvalue weighted by Crippen LogP contribution is 2.19. The Kier molecular flexibility index (Phi) is 7.00. The molecule has 0 atom stereocenters. The summed E-state index contributed by atoms with van der Waals surface area (Å²) in [7, 11) is 2.89. The van der Waals surface area contributed by atoms with Gasteiger partial charge in [0.2, 0.25) is 0 Å². The lowest BCUT2D eigenvalue weighted by Gasteiger charge is -2.31. The zero-order valence-corrected chi connectivity index (χ0v) is 14.1. The summed E-state index contributed by atoms with van der Waals surface area (Å²) in [4.78, 5) is 0. The lowest BCUT2D eigenvalue weighted by Crippen LogP contribution is -2.44. The van der Waals surface area contributed by atoms with Gasteiger partial charge in [0.15, 0.2) is 0 Å². The molecule has 0 aliphatic heterocycles. The Morgan fingerprint density at radius 1 is 1.00 bits per heavy atom. The fourth-order valence-corrected chi connectivity index (χ4v) is 1.86. The fourth-order valence-electron chi connectivity index (χ4n) is 1.86. The number of rotatable bonds is 1. The van der Waals surface area contributed by atoms with Crippen molar-refractivity contribution >= 4 is 19.5 Å². The molecule has 0 saturated heterocycles. The second kappa shape index (κ2) is 6.79. The smallest absolute Gasteiger partial charge is 0.00990 e. The first kappa shape index (κ1) is 13.4. The Morgan fingerprint density at radius 3 is 1.85 bits per heavy atom. The molecule has 1 N–H and O–H groups in total. The van der Waals surface area contributed by atoms with E-state index in [9.17, 15) is 0 Å². The van der Waals surface area contributed by atoms with E-state index in [1.807, 2.05) is 0 Å². The maximum Gasteiger partial charge on any atom is 0.00990 e. The average molecular weight is 218 g/mol. The van der Waals surface area contributed by atoms with E-state index < -0.39 is 0 Å². The van der Waals surface area contributed by atoms with Crippen LogP contribution in [0.4, 0.5) is 0 Å². The van der Waals surface area contributed by atoms with Crippen LogP contribution >= 0.6 is 0 Å². The topological polar surface area (TPSA) is 12.0 Å². The zero-order chi connectivity index (χ0) is 10.3. The monoisotopic (exact) mass is 217 g/mol. The normalized spacial score (nSPS) is 19.6. The van der Waals surface area contributed by atoms with Gasteiger partial charge in [0, 0.05) is 11.6 Å². The standard InChI is InChI=1S/C10H21N.H6Si2/c1-10(2,3)11-9-7-5-4-6-8-9;1-2/h9,11H,4-8H2,1-3H3;1-2H3. The molecule has 0 unspecified atom stereocenters. The van der Waals surface area contributed by atoms with Gasteiger partial charge in [-0.25, -0.2) is 0 Å². The number of hydrogen-bond acceptors (Lipinski definition) is 1. The van der Waals surface area contributed by atoms with Crippen LogP contribution in [-0.2, 0) is 0 Å². The second-order valence-electron chi connectivity index (χ2n) is 4.73. The van der Waals surface area contributed by atoms with Gasteiger partial charge in [0.05, 0.1) is 0 Å². The van der Waals surface area contributed by atoms with Crippen molar-refractivity contribution in [1.82, 2.24) is 5.32 Å². The van der Waals surface area contributed by atoms with Gasteiger partial charge in [-0.1, -0.05) is 19.3 Å². The van der Waals surface area contributed by atoms with Crippen LogP contribution in [0.25, 0.3) is 0 Å². The van der Waals surface area contributed by atoms with Crippen LogP contribution in [-0.4, -0.2) is 31.1 Å². The Hall–Kier alpha value is 0.394. The van der Waals surface area contributed by atoms with Crippen molar-refractivity contribution in [3.63, 3.8) is 0 Å². The van der Waals surface area contributed by atoms with E-state index in [0.717, 1.165) is 6.04 Å². The van der Waals surface area contributed by atoms with Gasteiger partial charge in [-0.3, -0.25) is 0 Å². The Labute approximate surface area is 89.7 Å². The van der Waals surface area contributed by atoms with E-state index >= 15 is 0 Å². The molecule has 0 aromatic rings. The average Bonchev–Trinajstić information content (AvgIpc) is 2.07. The van der Waals surface area contributed by atoms with Crippen LogP contribution in [0.1, 0.15) is 52.9 Å². The first-order valence-electron chi connectivity index (χ1n) is 5.86. The van der Waals surface area contributed by atoms with E-state index in [0.29, 0.717) is 5.54 Å². The predicted molar refractivity (Wildman–Crippen MR) is 69.6 cm³/mol. The molecule has 1 nitrogen and oxygen atoms in total. The van der Waals surface area contributed by atoms with Gasteiger partial charge in [0.25, 0.3) is 0 Å². The van der Waals surface area contributed by atoms with E-state index in [1.165, 1.54) is 51.6 Å². The SMILES string of the molecule is CC(C)(C)NC1CCCCC1.[SiH3][SiH3]. The maximum absolute atomic E-state index is 3.66. The van der Waals surface area contributed by atoms with E-state index in [4.69, 9.17) is 0 Å². The minimum Gasteiger partial charge on any atom is -0.309 e. The van der Waals surface area contributed by atoms with Crippen LogP contribution < -0.4 is 5.32 Å². The van der Waals surface area contributed by atoms with Crippen molar-refractivity contribution in [3.8, 4) is 0 Å². The molecule has 0 amide bonds. The summed E-state index contributed by atoms with van der Waals surface area (Å²) >= 11 is 0. The van der Waals surface area contributed by atoms with Crippen molar-refractivity contribution in [3.05, 3.63) is 0 Å². The molecule has 1 aliphatic carbocycles. The fraction of sp³-hybridized carbons (Fsp3) is 1.00. The molecule has 0 spiro atoms. The predicted octanol–water partition coefficient (Wildman–Crippen LogP) is 0.339. The molecule has 1 fully saturated rings. The first-order valence-corrected chi connectivity index (χ1v) is 13.9. The molecular weight excluding hydrogens is 190 g/mol. The Bertz CT molecular complexity index is 115. The van der Waals surface area contributed by atoms with Gasteiger partial charge < -0.3 is 5.32 Å². The summed E-state index contributed by atoms with van der Waals surface area (Å²) in [6, 6.07) is 0.795. The molecule has 13 heavy (non-hydrogen) atoms. The van der Waals surface area contributed by atoms with Crippen LogP contribution in [0.15, 0.2) is 0 Å². The molecule has 1 aliphatic rings. The quantitative estimate of drug-likeness (QED) is 0.625. The second-order valence-corrected chi connectivity index (χ2v) is 4.73. The van der Waals surface area contributed by atoms with Crippen LogP contribution in [0, 0.1) is 0 Å². The maximum atomic E-state index is 3.66. The molecular formula is C10H27NSi2. The summed E-state index contributed by atoms with van der Waals surface area (Å²) in [6.07, 6.45) is 7.07. The van der Waals surface area contributed by atoms with Crippen molar-refractivity contribution in [2.24, 2.45) is 0 Å². The molecule has 3 heteroatoms. The van der Waals surface area contributed by atoms with Crippen LogP contribution in [0.3, 0.4) is 0 Å². The van der Waals surface area contributed by atoms with E-state index in [1.54, 1.807) is 0 Å². The zero-order valence-electron chi connectivity index (χ0n) is 10.1. The lowest BCUT2D eigenvalue weighted by atomic mass is 9.93. The first-order chi connectivity index (χ1) is 6.08. The molecule has 0 radical (unpaired) electrons. The number of nitrogens with one attached hydrogen (secondary N) is 1. The highest BCUT2D eigenvalue weighted by molar-refractivity contribution is 6.75. The van der Waals surface area contributed by atoms with Crippen molar-refractivity contribution in [2.75, 3.05) is 0 Å². The van der Waals surface area contributed by atoms with Gasteiger partial charge in [-0.05, 0) is 53.1 Å². The largest absolute Gasteiger partial charge is 0.309 e. The third kappa shape index (κ3) is 7.46. The molecule has 0 heterocycles. The van der Waals surface area contributed by atoms with Gasteiger partial charge in [-0.2, -0.15) is 0 Å². The molecule has 0 aromatic carbocycles. The number of hydrogen-bond donors (Lipinski definition) is 1. The highest BCUT2D eigenvalue weighted by atomic mass is 29.1.